The number of amides is 2. The van der Waals surface area contributed by atoms with E-state index in [9.17, 15) is 83.5 Å². The molecule has 0 spiro atoms. The van der Waals surface area contributed by atoms with Crippen molar-refractivity contribution in [2.24, 2.45) is 0 Å². The molecule has 4 saturated heterocycles. The summed E-state index contributed by atoms with van der Waals surface area (Å²) in [6.07, 6.45) is -36.6. The smallest absolute Gasteiger partial charge is 0.726 e. The Morgan fingerprint density at radius 2 is 1.37 bits per heavy atom. The summed E-state index contributed by atoms with van der Waals surface area (Å²) in [5.41, 5.74) is 0. The van der Waals surface area contributed by atoms with Crippen molar-refractivity contribution in [1.82, 2.24) is 10.6 Å². The van der Waals surface area contributed by atoms with E-state index in [1.165, 1.54) is 6.92 Å². The van der Waals surface area contributed by atoms with Crippen molar-refractivity contribution >= 4 is 28.2 Å². The molecule has 0 bridgehead atoms. The molecule has 0 aromatic rings. The molecule has 354 valence electrons. The van der Waals surface area contributed by atoms with Crippen molar-refractivity contribution < 1.29 is 155 Å². The molecule has 4 fully saturated rings. The number of hydrogen-bond donors (Lipinski definition) is 13. The maximum absolute atomic E-state index is 12.9. The van der Waals surface area contributed by atoms with Gasteiger partial charge >= 0.3 is 35.5 Å². The van der Waals surface area contributed by atoms with Gasteiger partial charge in [-0.15, -0.1) is 0 Å². The van der Waals surface area contributed by atoms with Gasteiger partial charge in [-0.1, -0.05) is 0 Å². The van der Waals surface area contributed by atoms with Crippen LogP contribution in [0.5, 0.6) is 0 Å². The molecule has 62 heavy (non-hydrogen) atoms. The number of aliphatic carboxylic acids is 1. The van der Waals surface area contributed by atoms with Crippen LogP contribution in [0.15, 0.2) is 0 Å². The Balaban J connectivity index is 0.0000102. The average Bonchev–Trinajstić information content (AvgIpc) is 3.18. The van der Waals surface area contributed by atoms with E-state index < -0.39 is 183 Å². The van der Waals surface area contributed by atoms with Crippen molar-refractivity contribution in [3.8, 4) is 0 Å². The largest absolute Gasteiger partial charge is 1.00 e. The second kappa shape index (κ2) is 22.8. The number of carbonyl (C=O) groups is 3. The fourth-order valence-electron chi connectivity index (χ4n) is 7.31. The number of hydrogen-bond acceptors (Lipinski definition) is 25. The monoisotopic (exact) mass is 936 g/mol. The van der Waals surface area contributed by atoms with Crippen LogP contribution in [-0.4, -0.2) is 242 Å². The second-order valence-corrected chi connectivity index (χ2v) is 15.8. The van der Waals surface area contributed by atoms with Crippen LogP contribution >= 0.6 is 0 Å². The third-order valence-electron chi connectivity index (χ3n) is 10.4. The predicted molar refractivity (Wildman–Crippen MR) is 186 cm³/mol. The molecule has 0 radical (unpaired) electrons. The number of aliphatic hydroxyl groups is 10. The van der Waals surface area contributed by atoms with E-state index in [-0.39, 0.29) is 29.6 Å². The molecule has 4 heterocycles. The van der Waals surface area contributed by atoms with Crippen molar-refractivity contribution in [3.63, 3.8) is 0 Å². The zero-order valence-corrected chi connectivity index (χ0v) is 36.6. The Bertz CT molecular complexity index is 1600. The molecule has 4 aliphatic rings. The molecule has 4 rings (SSSR count). The first-order valence-electron chi connectivity index (χ1n) is 18.6. The van der Waals surface area contributed by atoms with Gasteiger partial charge in [0.2, 0.25) is 22.2 Å². The van der Waals surface area contributed by atoms with E-state index in [1.807, 2.05) is 0 Å². The van der Waals surface area contributed by atoms with Crippen LogP contribution < -0.4 is 40.2 Å². The van der Waals surface area contributed by atoms with Crippen LogP contribution in [0.1, 0.15) is 27.2 Å². The molecule has 28 nitrogen and oxygen atoms in total. The summed E-state index contributed by atoms with van der Waals surface area (Å²) in [5.74, 6) is -6.87. The average molecular weight is 937 g/mol. The van der Waals surface area contributed by atoms with Crippen LogP contribution in [0.4, 0.5) is 0 Å². The molecular formula is C32H53N2NaO26S. The Hall–Kier alpha value is -1.44. The van der Waals surface area contributed by atoms with Crippen molar-refractivity contribution in [3.05, 3.63) is 0 Å². The molecule has 2 amide bonds. The summed E-state index contributed by atoms with van der Waals surface area (Å²) in [6.45, 7) is -0.164. The van der Waals surface area contributed by atoms with E-state index in [4.69, 9.17) is 37.9 Å². The second-order valence-electron chi connectivity index (χ2n) is 14.7. The maximum Gasteiger partial charge on any atom is 1.00 e. The van der Waals surface area contributed by atoms with Gasteiger partial charge in [-0.25, -0.2) is 13.2 Å². The van der Waals surface area contributed by atoms with E-state index in [1.54, 1.807) is 0 Å². The summed E-state index contributed by atoms with van der Waals surface area (Å²) in [7, 11) is -4.44. The zero-order chi connectivity index (χ0) is 45.9. The van der Waals surface area contributed by atoms with Crippen LogP contribution in [0.25, 0.3) is 0 Å². The Kier molecular flexibility index (Phi) is 20.2. The van der Waals surface area contributed by atoms with E-state index in [0.29, 0.717) is 0 Å². The van der Waals surface area contributed by atoms with Gasteiger partial charge in [0.1, 0.15) is 85.4 Å². The van der Waals surface area contributed by atoms with Crippen LogP contribution in [0.3, 0.4) is 0 Å². The minimum absolute atomic E-state index is 0. The van der Waals surface area contributed by atoms with Gasteiger partial charge in [-0.3, -0.25) is 13.8 Å². The topological polar surface area (TPSA) is 438 Å². The van der Waals surface area contributed by atoms with E-state index in [0.717, 1.165) is 21.0 Å². The molecule has 30 heteroatoms. The minimum atomic E-state index is -5.50. The fourth-order valence-corrected chi connectivity index (χ4v) is 7.61. The van der Waals surface area contributed by atoms with Crippen molar-refractivity contribution in [2.75, 3.05) is 26.9 Å². The van der Waals surface area contributed by atoms with Crippen LogP contribution in [0.2, 0.25) is 0 Å². The van der Waals surface area contributed by atoms with Gasteiger partial charge in [0.15, 0.2) is 18.9 Å². The molecule has 4 aliphatic heterocycles. The molecule has 21 atom stereocenters. The van der Waals surface area contributed by atoms with Crippen LogP contribution in [-0.2, 0) is 66.9 Å². The first-order chi connectivity index (χ1) is 28.4. The Morgan fingerprint density at radius 3 is 1.90 bits per heavy atom. The third kappa shape index (κ3) is 12.7. The number of nitrogens with one attached hydrogen (secondary N) is 2. The maximum atomic E-state index is 12.9. The number of carboxylic acid groups (broad SMARTS) is 1. The summed E-state index contributed by atoms with van der Waals surface area (Å²) < 4.78 is 84.8. The van der Waals surface area contributed by atoms with Crippen molar-refractivity contribution in [2.45, 2.75) is 155 Å². The Morgan fingerprint density at radius 1 is 0.806 bits per heavy atom. The van der Waals surface area contributed by atoms with Gasteiger partial charge in [-0.05, 0) is 6.92 Å². The minimum Gasteiger partial charge on any atom is -0.726 e. The normalized spacial score (nSPS) is 42.5. The number of carbonyl (C=O) groups excluding carboxylic acids is 2. The van der Waals surface area contributed by atoms with Gasteiger partial charge < -0.3 is 109 Å². The number of methoxy groups -OCH3 is 1. The molecule has 19 unspecified atom stereocenters. The number of carboxylic acids is 1. The molecule has 13 N–H and O–H groups in total. The fraction of sp³-hybridized carbons (Fsp3) is 0.906. The molecule has 0 aliphatic carbocycles. The van der Waals surface area contributed by atoms with Gasteiger partial charge in [0.25, 0.3) is 5.79 Å². The van der Waals surface area contributed by atoms with Crippen molar-refractivity contribution in [1.29, 1.82) is 0 Å². The summed E-state index contributed by atoms with van der Waals surface area (Å²) in [5, 5.41) is 121. The standard InChI is InChI=1S/C32H54N2O26S.Na/c1-9-18(41)21(44)22(45)29(54-9)58-26-17(34-11(3)38)28(52-4)56-15(8-53-61(49,50)51)24(26)57-30-23(46)27(20(43)14(7-36)55-30)60-32(31(47)48)5-12(39)16(33-10(2)37)25(59-32)19(42)13(40)6-35;/h9,12-30,35-36,39-46H,5-8H2,1-4H3,(H,33,37)(H,34,38)(H,47,48)(H,49,50,51);/q;+1/p-1/t9?,12?,13-,14?,15?,16?,17?,18?,19-,20?,21?,22?,23?,24?,25?,26?,27?,28?,29?,30?,32?;/m0./s1. The summed E-state index contributed by atoms with van der Waals surface area (Å²) >= 11 is 0. The van der Waals surface area contributed by atoms with Gasteiger partial charge in [0.05, 0.1) is 38.1 Å². The number of ether oxygens (including phenoxy) is 8. The van der Waals surface area contributed by atoms with Crippen LogP contribution in [0, 0.1) is 0 Å². The predicted octanol–water partition coefficient (Wildman–Crippen LogP) is -12.1. The molecule has 0 aromatic carbocycles. The summed E-state index contributed by atoms with van der Waals surface area (Å²) in [6, 6.07) is -3.22. The van der Waals surface area contributed by atoms with Gasteiger partial charge in [0, 0.05) is 27.4 Å². The molecular weight excluding hydrogens is 883 g/mol. The molecule has 0 saturated carbocycles. The molecule has 0 aromatic heterocycles. The SMILES string of the molecule is COC1OC(COS(=O)(=O)[O-])C(OC2OC(CO)C(O)C(OC3(C(=O)O)CC(O)C(NC(C)=O)C([C@@H](O)[C@@H](O)CO)O3)C2O)C(OC2OC(C)C(O)C(O)C2O)C1NC(C)=O.[Na+]. The number of rotatable bonds is 17. The first-order valence-corrected chi connectivity index (χ1v) is 19.9. The number of aliphatic hydroxyl groups excluding tert-OH is 10. The van der Waals surface area contributed by atoms with Gasteiger partial charge in [-0.2, -0.15) is 0 Å². The van der Waals surface area contributed by atoms with E-state index >= 15 is 0 Å². The summed E-state index contributed by atoms with van der Waals surface area (Å²) in [4.78, 5) is 37.4. The third-order valence-corrected chi connectivity index (χ3v) is 10.8. The zero-order valence-electron chi connectivity index (χ0n) is 33.8. The first kappa shape index (κ1) is 54.9. The van der Waals surface area contributed by atoms with E-state index in [2.05, 4.69) is 14.8 Å². The quantitative estimate of drug-likeness (QED) is 0.0366. The Labute approximate surface area is 375 Å².